The molecule has 11 rings (SSSR count). The molecular formula is C53H37NO. The van der Waals surface area contributed by atoms with Gasteiger partial charge < -0.3 is 9.32 Å². The number of anilines is 3. The molecule has 2 nitrogen and oxygen atoms in total. The highest BCUT2D eigenvalue weighted by atomic mass is 16.3. The molecule has 0 saturated carbocycles. The Morgan fingerprint density at radius 3 is 1.96 bits per heavy atom. The molecule has 0 atom stereocenters. The second kappa shape index (κ2) is 12.1. The van der Waals surface area contributed by atoms with E-state index in [-0.39, 0.29) is 5.41 Å². The number of rotatable bonds is 5. The molecule has 0 amide bonds. The molecule has 0 spiro atoms. The van der Waals surface area contributed by atoms with E-state index >= 15 is 0 Å². The first-order valence-electron chi connectivity index (χ1n) is 19.1. The molecule has 1 aromatic heterocycles. The number of benzene rings is 9. The molecule has 1 aliphatic rings. The van der Waals surface area contributed by atoms with Gasteiger partial charge in [-0.3, -0.25) is 0 Å². The molecule has 55 heavy (non-hydrogen) atoms. The van der Waals surface area contributed by atoms with Crippen LogP contribution in [0.2, 0.25) is 0 Å². The summed E-state index contributed by atoms with van der Waals surface area (Å²) in [4.78, 5) is 2.49. The van der Waals surface area contributed by atoms with Gasteiger partial charge in [-0.05, 0) is 97.4 Å². The van der Waals surface area contributed by atoms with Gasteiger partial charge in [-0.25, -0.2) is 0 Å². The van der Waals surface area contributed by atoms with Crippen LogP contribution in [0.15, 0.2) is 192 Å². The molecule has 0 N–H and O–H groups in total. The third-order valence-electron chi connectivity index (χ3n) is 11.9. The summed E-state index contributed by atoms with van der Waals surface area (Å²) in [6, 6.07) is 68.5. The highest BCUT2D eigenvalue weighted by Crippen LogP contribution is 2.55. The zero-order chi connectivity index (χ0) is 36.7. The van der Waals surface area contributed by atoms with Crippen molar-refractivity contribution in [2.45, 2.75) is 19.3 Å². The Bertz CT molecular complexity index is 3120. The van der Waals surface area contributed by atoms with Crippen molar-refractivity contribution in [3.63, 3.8) is 0 Å². The Balaban J connectivity index is 1.09. The van der Waals surface area contributed by atoms with Gasteiger partial charge in [0.15, 0.2) is 0 Å². The van der Waals surface area contributed by atoms with Crippen LogP contribution in [0.4, 0.5) is 17.1 Å². The Kier molecular flexibility index (Phi) is 6.93. The second-order valence-corrected chi connectivity index (χ2v) is 15.3. The first-order chi connectivity index (χ1) is 27.0. The quantitative estimate of drug-likeness (QED) is 0.177. The summed E-state index contributed by atoms with van der Waals surface area (Å²) in [6.07, 6.45) is 0. The van der Waals surface area contributed by atoms with Crippen LogP contribution < -0.4 is 4.90 Å². The van der Waals surface area contributed by atoms with E-state index in [2.05, 4.69) is 195 Å². The molecule has 1 aliphatic carbocycles. The lowest BCUT2D eigenvalue weighted by molar-refractivity contribution is 0.660. The fraction of sp³-hybridized carbons (Fsp3) is 0.0566. The zero-order valence-corrected chi connectivity index (χ0v) is 30.8. The molecule has 2 heteroatoms. The third kappa shape index (κ3) is 4.81. The average molecular weight is 704 g/mol. The highest BCUT2D eigenvalue weighted by molar-refractivity contribution is 6.19. The highest BCUT2D eigenvalue weighted by Gasteiger charge is 2.38. The summed E-state index contributed by atoms with van der Waals surface area (Å²) < 4.78 is 6.20. The maximum Gasteiger partial charge on any atom is 0.136 e. The number of nitrogens with zero attached hydrogens (tertiary/aromatic N) is 1. The van der Waals surface area contributed by atoms with E-state index in [1.807, 2.05) is 12.1 Å². The van der Waals surface area contributed by atoms with Crippen LogP contribution in [-0.2, 0) is 5.41 Å². The number of furan rings is 1. The largest absolute Gasteiger partial charge is 0.456 e. The van der Waals surface area contributed by atoms with Crippen LogP contribution in [-0.4, -0.2) is 0 Å². The molecule has 260 valence electrons. The van der Waals surface area contributed by atoms with Crippen LogP contribution >= 0.6 is 0 Å². The molecule has 1 heterocycles. The molecule has 0 unspecified atom stereocenters. The van der Waals surface area contributed by atoms with Crippen LogP contribution in [0.25, 0.3) is 76.9 Å². The van der Waals surface area contributed by atoms with Crippen molar-refractivity contribution < 1.29 is 4.42 Å². The summed E-state index contributed by atoms with van der Waals surface area (Å²) in [5, 5.41) is 7.22. The Labute approximate surface area is 320 Å². The van der Waals surface area contributed by atoms with Gasteiger partial charge in [-0.15, -0.1) is 0 Å². The van der Waals surface area contributed by atoms with Gasteiger partial charge in [-0.2, -0.15) is 0 Å². The van der Waals surface area contributed by atoms with Crippen molar-refractivity contribution in [1.82, 2.24) is 0 Å². The lowest BCUT2D eigenvalue weighted by atomic mass is 9.82. The molecule has 0 saturated heterocycles. The van der Waals surface area contributed by atoms with Gasteiger partial charge in [0.1, 0.15) is 11.2 Å². The minimum absolute atomic E-state index is 0.114. The molecular weight excluding hydrogens is 667 g/mol. The van der Waals surface area contributed by atoms with Gasteiger partial charge in [0.05, 0.1) is 11.4 Å². The zero-order valence-electron chi connectivity index (χ0n) is 30.8. The molecule has 0 aliphatic heterocycles. The van der Waals surface area contributed by atoms with Crippen molar-refractivity contribution in [3.8, 4) is 33.4 Å². The topological polar surface area (TPSA) is 16.4 Å². The minimum atomic E-state index is -0.114. The molecule has 0 fully saturated rings. The Morgan fingerprint density at radius 2 is 1.07 bits per heavy atom. The summed E-state index contributed by atoms with van der Waals surface area (Å²) in [5.41, 5.74) is 15.3. The van der Waals surface area contributed by atoms with E-state index in [9.17, 15) is 0 Å². The lowest BCUT2D eigenvalue weighted by Gasteiger charge is -2.31. The van der Waals surface area contributed by atoms with Gasteiger partial charge in [0, 0.05) is 33.0 Å². The van der Waals surface area contributed by atoms with Crippen molar-refractivity contribution >= 4 is 60.5 Å². The molecule has 9 aromatic carbocycles. The van der Waals surface area contributed by atoms with Crippen LogP contribution in [0, 0.1) is 0 Å². The number of hydrogen-bond donors (Lipinski definition) is 0. The first-order valence-corrected chi connectivity index (χ1v) is 19.1. The van der Waals surface area contributed by atoms with Crippen LogP contribution in [0.1, 0.15) is 25.0 Å². The SMILES string of the molecule is CC1(C)c2ccccc2-c2c(N(c3ccc(-c4ccc5c(ccc6oc7ccccc7c65)c4)cc3)c3ccccc3-c3cccc4ccccc34)cccc21. The van der Waals surface area contributed by atoms with Crippen molar-refractivity contribution in [2.75, 3.05) is 4.90 Å². The summed E-state index contributed by atoms with van der Waals surface area (Å²) >= 11 is 0. The van der Waals surface area contributed by atoms with E-state index in [1.54, 1.807) is 0 Å². The molecule has 10 aromatic rings. The monoisotopic (exact) mass is 703 g/mol. The average Bonchev–Trinajstić information content (AvgIpc) is 3.74. The Morgan fingerprint density at radius 1 is 0.418 bits per heavy atom. The van der Waals surface area contributed by atoms with Crippen LogP contribution in [0.5, 0.6) is 0 Å². The van der Waals surface area contributed by atoms with E-state index < -0.39 is 0 Å². The maximum absolute atomic E-state index is 6.20. The van der Waals surface area contributed by atoms with Crippen molar-refractivity contribution in [1.29, 1.82) is 0 Å². The maximum atomic E-state index is 6.20. The predicted molar refractivity (Wildman–Crippen MR) is 232 cm³/mol. The second-order valence-electron chi connectivity index (χ2n) is 15.3. The molecule has 0 radical (unpaired) electrons. The Hall–Kier alpha value is -6.90. The number of hydrogen-bond acceptors (Lipinski definition) is 2. The normalized spacial score (nSPS) is 13.1. The fourth-order valence-electron chi connectivity index (χ4n) is 9.22. The molecule has 0 bridgehead atoms. The number of para-hydroxylation sites is 2. The summed E-state index contributed by atoms with van der Waals surface area (Å²) in [7, 11) is 0. The number of fused-ring (bicyclic) bond motifs is 9. The summed E-state index contributed by atoms with van der Waals surface area (Å²) in [5.74, 6) is 0. The minimum Gasteiger partial charge on any atom is -0.456 e. The van der Waals surface area contributed by atoms with Crippen LogP contribution in [0.3, 0.4) is 0 Å². The predicted octanol–water partition coefficient (Wildman–Crippen LogP) is 15.0. The lowest BCUT2D eigenvalue weighted by Crippen LogP contribution is -2.16. The van der Waals surface area contributed by atoms with Gasteiger partial charge in [-0.1, -0.05) is 159 Å². The standard InChI is InChI=1S/C53H37NO/c1-53(2)45-20-8-5-17-43(45)52-46(53)21-12-23-48(52)54(47-22-9-6-16-42(47)41-19-11-14-35-13-3-4-15-39(35)41)38-29-25-34(26-30-38)36-27-31-40-37(33-36)28-32-50-51(40)44-18-7-10-24-49(44)55-50/h3-33H,1-2H3. The van der Waals surface area contributed by atoms with E-state index in [1.165, 1.54) is 77.1 Å². The smallest absolute Gasteiger partial charge is 0.136 e. The van der Waals surface area contributed by atoms with Crippen molar-refractivity contribution in [3.05, 3.63) is 199 Å². The van der Waals surface area contributed by atoms with Gasteiger partial charge in [0.25, 0.3) is 0 Å². The third-order valence-corrected chi connectivity index (χ3v) is 11.9. The van der Waals surface area contributed by atoms with E-state index in [4.69, 9.17) is 4.42 Å². The fourth-order valence-corrected chi connectivity index (χ4v) is 9.22. The van der Waals surface area contributed by atoms with Gasteiger partial charge in [0.2, 0.25) is 0 Å². The first kappa shape index (κ1) is 31.6. The van der Waals surface area contributed by atoms with Crippen molar-refractivity contribution in [2.24, 2.45) is 0 Å². The van der Waals surface area contributed by atoms with E-state index in [0.29, 0.717) is 0 Å². The van der Waals surface area contributed by atoms with Gasteiger partial charge >= 0.3 is 0 Å². The summed E-state index contributed by atoms with van der Waals surface area (Å²) in [6.45, 7) is 4.71. The van der Waals surface area contributed by atoms with E-state index in [0.717, 1.165) is 27.9 Å².